The van der Waals surface area contributed by atoms with E-state index in [-0.39, 0.29) is 18.6 Å². The van der Waals surface area contributed by atoms with Gasteiger partial charge in [-0.25, -0.2) is 0 Å². The van der Waals surface area contributed by atoms with Crippen LogP contribution in [0.15, 0.2) is 0 Å². The molecule has 0 spiro atoms. The molecular formula is C9H18N2O2. The van der Waals surface area contributed by atoms with Crippen LogP contribution in [0.1, 0.15) is 25.7 Å². The number of nitrogens with two attached hydrogens (primary N) is 1. The molecule has 0 heterocycles. The molecule has 0 bridgehead atoms. The van der Waals surface area contributed by atoms with Crippen molar-refractivity contribution in [3.63, 3.8) is 0 Å². The van der Waals surface area contributed by atoms with Crippen LogP contribution in [0.5, 0.6) is 0 Å². The van der Waals surface area contributed by atoms with E-state index in [1.54, 1.807) is 7.11 Å². The molecular weight excluding hydrogens is 168 g/mol. The lowest BCUT2D eigenvalue weighted by Gasteiger charge is -2.30. The van der Waals surface area contributed by atoms with Crippen LogP contribution in [0.4, 0.5) is 0 Å². The van der Waals surface area contributed by atoms with E-state index >= 15 is 0 Å². The molecule has 0 aromatic carbocycles. The van der Waals surface area contributed by atoms with Crippen molar-refractivity contribution in [2.24, 2.45) is 5.73 Å². The zero-order chi connectivity index (χ0) is 9.68. The van der Waals surface area contributed by atoms with E-state index in [0.717, 1.165) is 12.8 Å². The van der Waals surface area contributed by atoms with E-state index in [1.807, 2.05) is 0 Å². The number of carbonyl (C=O) groups is 1. The van der Waals surface area contributed by atoms with Crippen LogP contribution in [0, 0.1) is 0 Å². The van der Waals surface area contributed by atoms with Gasteiger partial charge in [0.2, 0.25) is 5.91 Å². The van der Waals surface area contributed by atoms with E-state index in [2.05, 4.69) is 5.32 Å². The fourth-order valence-corrected chi connectivity index (χ4v) is 1.84. The van der Waals surface area contributed by atoms with Crippen molar-refractivity contribution < 1.29 is 9.53 Å². The average Bonchev–Trinajstić information content (AvgIpc) is 2.15. The first-order valence-electron chi connectivity index (χ1n) is 4.78. The summed E-state index contributed by atoms with van der Waals surface area (Å²) in [6.45, 7) is 0.254. The van der Waals surface area contributed by atoms with Gasteiger partial charge in [-0.1, -0.05) is 12.8 Å². The van der Waals surface area contributed by atoms with Gasteiger partial charge in [-0.05, 0) is 12.8 Å². The highest BCUT2D eigenvalue weighted by Gasteiger charge is 2.24. The molecule has 0 aromatic rings. The highest BCUT2D eigenvalue weighted by atomic mass is 16.5. The van der Waals surface area contributed by atoms with Crippen molar-refractivity contribution in [2.75, 3.05) is 13.7 Å². The Bertz CT molecular complexity index is 173. The molecule has 0 saturated heterocycles. The van der Waals surface area contributed by atoms with Crippen molar-refractivity contribution in [1.82, 2.24) is 5.32 Å². The van der Waals surface area contributed by atoms with Gasteiger partial charge in [-0.3, -0.25) is 4.79 Å². The van der Waals surface area contributed by atoms with Crippen molar-refractivity contribution in [2.45, 2.75) is 37.8 Å². The Hall–Kier alpha value is -0.610. The Kier molecular flexibility index (Phi) is 4.18. The zero-order valence-corrected chi connectivity index (χ0v) is 8.08. The third-order valence-electron chi connectivity index (χ3n) is 2.54. The molecule has 0 aromatic heterocycles. The van der Waals surface area contributed by atoms with Crippen molar-refractivity contribution >= 4 is 5.91 Å². The second-order valence-corrected chi connectivity index (χ2v) is 3.51. The van der Waals surface area contributed by atoms with Crippen LogP contribution in [0.25, 0.3) is 0 Å². The number of rotatable bonds is 4. The van der Waals surface area contributed by atoms with E-state index < -0.39 is 0 Å². The molecule has 1 rings (SSSR count). The molecule has 4 nitrogen and oxygen atoms in total. The maximum Gasteiger partial charge on any atom is 0.231 e. The molecule has 13 heavy (non-hydrogen) atoms. The molecule has 1 saturated carbocycles. The van der Waals surface area contributed by atoms with Crippen LogP contribution >= 0.6 is 0 Å². The van der Waals surface area contributed by atoms with Crippen LogP contribution in [-0.2, 0) is 9.53 Å². The third-order valence-corrected chi connectivity index (χ3v) is 2.54. The lowest BCUT2D eigenvalue weighted by atomic mass is 9.92. The van der Waals surface area contributed by atoms with Gasteiger partial charge >= 0.3 is 0 Å². The quantitative estimate of drug-likeness (QED) is 0.650. The minimum absolute atomic E-state index is 0.244. The fraction of sp³-hybridized carbons (Fsp3) is 0.889. The van der Waals surface area contributed by atoms with E-state index in [9.17, 15) is 4.79 Å². The topological polar surface area (TPSA) is 64.3 Å². The predicted molar refractivity (Wildman–Crippen MR) is 50.3 cm³/mol. The van der Waals surface area contributed by atoms with E-state index in [4.69, 9.17) is 10.5 Å². The van der Waals surface area contributed by atoms with E-state index in [1.165, 1.54) is 12.8 Å². The second kappa shape index (κ2) is 5.19. The summed E-state index contributed by atoms with van der Waals surface area (Å²) in [6.07, 6.45) is 4.82. The lowest BCUT2D eigenvalue weighted by Crippen LogP contribution is -2.46. The number of methoxy groups -OCH3 is 1. The largest absolute Gasteiger partial charge is 0.380 e. The summed E-state index contributed by atoms with van der Waals surface area (Å²) in [4.78, 5) is 10.6. The minimum atomic E-state index is -0.305. The number of amides is 1. The summed E-state index contributed by atoms with van der Waals surface area (Å²) < 4.78 is 5.32. The van der Waals surface area contributed by atoms with Gasteiger partial charge in [-0.15, -0.1) is 0 Å². The Morgan fingerprint density at radius 3 is 2.85 bits per heavy atom. The summed E-state index contributed by atoms with van der Waals surface area (Å²) in [7, 11) is 1.72. The summed E-state index contributed by atoms with van der Waals surface area (Å²) >= 11 is 0. The Balaban J connectivity index is 2.31. The summed E-state index contributed by atoms with van der Waals surface area (Å²) in [6, 6.07) is 0.297. The molecule has 1 aliphatic rings. The SMILES string of the molecule is CO[C@@H]1CCCC[C@H]1NCC(N)=O. The molecule has 4 heteroatoms. The molecule has 3 N–H and O–H groups in total. The molecule has 0 aliphatic heterocycles. The van der Waals surface area contributed by atoms with Gasteiger partial charge in [0.15, 0.2) is 0 Å². The standard InChI is InChI=1S/C9H18N2O2/c1-13-8-5-3-2-4-7(8)11-6-9(10)12/h7-8,11H,2-6H2,1H3,(H2,10,12)/t7-,8-/m1/s1. The second-order valence-electron chi connectivity index (χ2n) is 3.51. The Morgan fingerprint density at radius 2 is 2.23 bits per heavy atom. The molecule has 0 radical (unpaired) electrons. The van der Waals surface area contributed by atoms with Gasteiger partial charge < -0.3 is 15.8 Å². The number of primary amides is 1. The normalized spacial score (nSPS) is 28.7. The fourth-order valence-electron chi connectivity index (χ4n) is 1.84. The minimum Gasteiger partial charge on any atom is -0.380 e. The monoisotopic (exact) mass is 186 g/mol. The number of nitrogens with one attached hydrogen (secondary N) is 1. The Morgan fingerprint density at radius 1 is 1.54 bits per heavy atom. The maximum absolute atomic E-state index is 10.6. The van der Waals surface area contributed by atoms with Crippen LogP contribution in [-0.4, -0.2) is 31.7 Å². The van der Waals surface area contributed by atoms with Gasteiger partial charge in [0, 0.05) is 13.2 Å². The van der Waals surface area contributed by atoms with Gasteiger partial charge in [0.1, 0.15) is 0 Å². The van der Waals surface area contributed by atoms with Crippen molar-refractivity contribution in [3.8, 4) is 0 Å². The number of ether oxygens (including phenoxy) is 1. The summed E-state index contributed by atoms with van der Waals surface area (Å²) in [5.74, 6) is -0.305. The number of hydrogen-bond acceptors (Lipinski definition) is 3. The van der Waals surface area contributed by atoms with Crippen molar-refractivity contribution in [3.05, 3.63) is 0 Å². The molecule has 1 aliphatic carbocycles. The van der Waals surface area contributed by atoms with Gasteiger partial charge in [0.25, 0.3) is 0 Å². The molecule has 2 atom stereocenters. The summed E-state index contributed by atoms with van der Waals surface area (Å²) in [5.41, 5.74) is 5.05. The number of hydrogen-bond donors (Lipinski definition) is 2. The predicted octanol–water partition coefficient (Wildman–Crippen LogP) is 0.0189. The van der Waals surface area contributed by atoms with Crippen LogP contribution in [0.3, 0.4) is 0 Å². The highest BCUT2D eigenvalue weighted by molar-refractivity contribution is 5.75. The smallest absolute Gasteiger partial charge is 0.231 e. The highest BCUT2D eigenvalue weighted by Crippen LogP contribution is 2.20. The molecule has 1 amide bonds. The first kappa shape index (κ1) is 10.5. The van der Waals surface area contributed by atoms with Gasteiger partial charge in [-0.2, -0.15) is 0 Å². The third kappa shape index (κ3) is 3.32. The molecule has 0 unspecified atom stereocenters. The van der Waals surface area contributed by atoms with Crippen LogP contribution in [0.2, 0.25) is 0 Å². The summed E-state index contributed by atoms with van der Waals surface area (Å²) in [5, 5.41) is 3.12. The first-order chi connectivity index (χ1) is 6.24. The van der Waals surface area contributed by atoms with E-state index in [0.29, 0.717) is 6.04 Å². The maximum atomic E-state index is 10.6. The van der Waals surface area contributed by atoms with Crippen LogP contribution < -0.4 is 11.1 Å². The lowest BCUT2D eigenvalue weighted by molar-refractivity contribution is -0.117. The molecule has 1 fully saturated rings. The van der Waals surface area contributed by atoms with Gasteiger partial charge in [0.05, 0.1) is 12.6 Å². The van der Waals surface area contributed by atoms with Crippen molar-refractivity contribution in [1.29, 1.82) is 0 Å². The zero-order valence-electron chi connectivity index (χ0n) is 8.08. The number of carbonyl (C=O) groups excluding carboxylic acids is 1. The average molecular weight is 186 g/mol. The Labute approximate surface area is 78.8 Å². The first-order valence-corrected chi connectivity index (χ1v) is 4.78. The molecule has 76 valence electrons.